The average molecular weight is 231 g/mol. The first-order valence-electron chi connectivity index (χ1n) is 5.64. The Hall–Kier alpha value is -1.97. The van der Waals surface area contributed by atoms with E-state index in [1.165, 1.54) is 0 Å². The maximum Gasteiger partial charge on any atom is 0.292 e. The van der Waals surface area contributed by atoms with Crippen LogP contribution in [-0.4, -0.2) is 19.1 Å². The minimum Gasteiger partial charge on any atom is -0.428 e. The second-order valence-corrected chi connectivity index (χ2v) is 4.12. The largest absolute Gasteiger partial charge is 0.428 e. The first kappa shape index (κ1) is 11.5. The minimum absolute atomic E-state index is 0.230. The lowest BCUT2D eigenvalue weighted by molar-refractivity contribution is 0.530. The molecule has 1 heterocycles. The molecule has 1 aromatic heterocycles. The third-order valence-electron chi connectivity index (χ3n) is 2.69. The van der Waals surface area contributed by atoms with Crippen molar-refractivity contribution in [2.45, 2.75) is 13.3 Å². The van der Waals surface area contributed by atoms with E-state index in [1.807, 2.05) is 33.2 Å². The van der Waals surface area contributed by atoms with E-state index < -0.39 is 0 Å². The summed E-state index contributed by atoms with van der Waals surface area (Å²) in [6.45, 7) is 2.03. The first-order valence-corrected chi connectivity index (χ1v) is 5.64. The van der Waals surface area contributed by atoms with E-state index in [0.29, 0.717) is 0 Å². The number of anilines is 2. The Bertz CT molecular complexity index is 500. The van der Waals surface area contributed by atoms with Gasteiger partial charge < -0.3 is 15.1 Å². The van der Waals surface area contributed by atoms with Crippen LogP contribution in [0.5, 0.6) is 0 Å². The molecule has 0 saturated heterocycles. The van der Waals surface area contributed by atoms with E-state index in [9.17, 15) is 0 Å². The molecule has 0 unspecified atom stereocenters. The predicted octanol–water partition coefficient (Wildman–Crippen LogP) is 2.55. The van der Waals surface area contributed by atoms with E-state index >= 15 is 0 Å². The summed E-state index contributed by atoms with van der Waals surface area (Å²) >= 11 is 0. The molecule has 0 aliphatic rings. The number of benzene rings is 1. The lowest BCUT2D eigenvalue weighted by Gasteiger charge is -2.12. The van der Waals surface area contributed by atoms with Crippen LogP contribution < -0.4 is 10.6 Å². The van der Waals surface area contributed by atoms with Crippen molar-refractivity contribution < 1.29 is 4.42 Å². The number of aryl methyl sites for hydroxylation is 1. The van der Waals surface area contributed by atoms with Gasteiger partial charge in [0.25, 0.3) is 6.01 Å². The summed E-state index contributed by atoms with van der Waals surface area (Å²) in [7, 11) is 4.03. The highest BCUT2D eigenvalue weighted by atomic mass is 16.4. The molecule has 0 amide bonds. The lowest BCUT2D eigenvalue weighted by Crippen LogP contribution is -2.07. The van der Waals surface area contributed by atoms with Crippen LogP contribution in [0.1, 0.15) is 12.7 Å². The summed E-state index contributed by atoms with van der Waals surface area (Å²) in [4.78, 5) is 6.28. The molecule has 0 atom stereocenters. The van der Waals surface area contributed by atoms with Crippen molar-refractivity contribution in [2.75, 3.05) is 24.7 Å². The van der Waals surface area contributed by atoms with E-state index in [4.69, 9.17) is 10.2 Å². The number of rotatable bonds is 3. The zero-order valence-electron chi connectivity index (χ0n) is 10.4. The lowest BCUT2D eigenvalue weighted by atomic mass is 10.1. The smallest absolute Gasteiger partial charge is 0.292 e. The molecule has 2 rings (SSSR count). The summed E-state index contributed by atoms with van der Waals surface area (Å²) in [5.74, 6) is 0.833. The van der Waals surface area contributed by atoms with Crippen LogP contribution >= 0.6 is 0 Å². The fraction of sp³-hybridized carbons (Fsp3) is 0.308. The number of hydrogen-bond acceptors (Lipinski definition) is 4. The van der Waals surface area contributed by atoms with Crippen LogP contribution in [0.15, 0.2) is 28.7 Å². The molecule has 0 radical (unpaired) electrons. The van der Waals surface area contributed by atoms with Crippen LogP contribution in [-0.2, 0) is 6.42 Å². The fourth-order valence-corrected chi connectivity index (χ4v) is 1.75. The molecule has 1 aromatic carbocycles. The first-order chi connectivity index (χ1) is 8.11. The van der Waals surface area contributed by atoms with Gasteiger partial charge >= 0.3 is 0 Å². The molecule has 2 N–H and O–H groups in total. The molecule has 0 saturated carbocycles. The maximum atomic E-state index is 5.58. The molecule has 0 fully saturated rings. The molecule has 17 heavy (non-hydrogen) atoms. The Morgan fingerprint density at radius 2 is 1.88 bits per heavy atom. The summed E-state index contributed by atoms with van der Waals surface area (Å²) in [5, 5.41) is 0. The Morgan fingerprint density at radius 1 is 1.24 bits per heavy atom. The third kappa shape index (κ3) is 2.25. The molecular formula is C13H17N3O. The average Bonchev–Trinajstić information content (AvgIpc) is 2.70. The van der Waals surface area contributed by atoms with Crippen LogP contribution in [0.4, 0.5) is 11.7 Å². The van der Waals surface area contributed by atoms with Crippen LogP contribution in [0.3, 0.4) is 0 Å². The fourth-order valence-electron chi connectivity index (χ4n) is 1.75. The van der Waals surface area contributed by atoms with Crippen molar-refractivity contribution in [3.05, 3.63) is 30.0 Å². The number of hydrogen-bond donors (Lipinski definition) is 1. The second-order valence-electron chi connectivity index (χ2n) is 4.12. The van der Waals surface area contributed by atoms with Crippen LogP contribution in [0.25, 0.3) is 11.3 Å². The number of nitrogen functional groups attached to an aromatic ring is 1. The summed E-state index contributed by atoms with van der Waals surface area (Å²) < 4.78 is 5.35. The van der Waals surface area contributed by atoms with E-state index in [2.05, 4.69) is 22.0 Å². The van der Waals surface area contributed by atoms with E-state index in [1.54, 1.807) is 0 Å². The summed E-state index contributed by atoms with van der Waals surface area (Å²) in [6, 6.07) is 8.41. The molecule has 0 aliphatic heterocycles. The molecule has 0 bridgehead atoms. The molecule has 90 valence electrons. The number of oxazole rings is 1. The van der Waals surface area contributed by atoms with Crippen molar-refractivity contribution in [2.24, 2.45) is 0 Å². The number of nitrogens with zero attached hydrogens (tertiary/aromatic N) is 2. The van der Waals surface area contributed by atoms with Crippen molar-refractivity contribution in [1.82, 2.24) is 4.98 Å². The molecular weight excluding hydrogens is 214 g/mol. The van der Waals surface area contributed by atoms with Gasteiger partial charge in [-0.2, -0.15) is 4.98 Å². The van der Waals surface area contributed by atoms with Gasteiger partial charge in [-0.05, 0) is 12.1 Å². The van der Waals surface area contributed by atoms with Crippen molar-refractivity contribution in [3.8, 4) is 11.3 Å². The summed E-state index contributed by atoms with van der Waals surface area (Å²) in [5.41, 5.74) is 8.62. The zero-order valence-corrected chi connectivity index (χ0v) is 10.4. The van der Waals surface area contributed by atoms with Gasteiger partial charge in [-0.1, -0.05) is 19.1 Å². The van der Waals surface area contributed by atoms with Gasteiger partial charge in [0.1, 0.15) is 11.5 Å². The monoisotopic (exact) mass is 231 g/mol. The van der Waals surface area contributed by atoms with Gasteiger partial charge in [-0.3, -0.25) is 0 Å². The predicted molar refractivity (Wildman–Crippen MR) is 70.1 cm³/mol. The topological polar surface area (TPSA) is 55.3 Å². The van der Waals surface area contributed by atoms with Gasteiger partial charge in [0.15, 0.2) is 0 Å². The Labute approximate surface area is 101 Å². The second kappa shape index (κ2) is 4.49. The Balaban J connectivity index is 2.39. The normalized spacial score (nSPS) is 10.5. The highest BCUT2D eigenvalue weighted by Crippen LogP contribution is 2.27. The van der Waals surface area contributed by atoms with Gasteiger partial charge in [-0.15, -0.1) is 0 Å². The molecule has 2 aromatic rings. The van der Waals surface area contributed by atoms with Crippen molar-refractivity contribution in [3.63, 3.8) is 0 Å². The van der Waals surface area contributed by atoms with Crippen LogP contribution in [0, 0.1) is 0 Å². The van der Waals surface area contributed by atoms with Crippen LogP contribution in [0.2, 0.25) is 0 Å². The minimum atomic E-state index is 0.230. The Kier molecular flexibility index (Phi) is 3.04. The standard InChI is InChI=1S/C13H17N3O/c1-4-11-12(15-13(14)17-11)9-5-7-10(8-6-9)16(2)3/h5-8H,4H2,1-3H3,(H2,14,15). The Morgan fingerprint density at radius 3 is 2.41 bits per heavy atom. The van der Waals surface area contributed by atoms with Gasteiger partial charge in [0, 0.05) is 31.8 Å². The maximum absolute atomic E-state index is 5.58. The van der Waals surface area contributed by atoms with E-state index in [-0.39, 0.29) is 6.01 Å². The van der Waals surface area contributed by atoms with Crippen molar-refractivity contribution >= 4 is 11.7 Å². The number of nitrogens with two attached hydrogens (primary N) is 1. The number of aromatic nitrogens is 1. The molecule has 4 nitrogen and oxygen atoms in total. The van der Waals surface area contributed by atoms with Gasteiger partial charge in [0.05, 0.1) is 0 Å². The highest BCUT2D eigenvalue weighted by molar-refractivity contribution is 5.65. The third-order valence-corrected chi connectivity index (χ3v) is 2.69. The van der Waals surface area contributed by atoms with E-state index in [0.717, 1.165) is 29.1 Å². The quantitative estimate of drug-likeness (QED) is 0.882. The molecule has 0 spiro atoms. The highest BCUT2D eigenvalue weighted by Gasteiger charge is 2.11. The van der Waals surface area contributed by atoms with Crippen molar-refractivity contribution in [1.29, 1.82) is 0 Å². The van der Waals surface area contributed by atoms with Gasteiger partial charge in [-0.25, -0.2) is 0 Å². The SMILES string of the molecule is CCc1oc(N)nc1-c1ccc(N(C)C)cc1. The van der Waals surface area contributed by atoms with Gasteiger partial charge in [0.2, 0.25) is 0 Å². The summed E-state index contributed by atoms with van der Waals surface area (Å²) in [6.07, 6.45) is 0.787. The molecule has 0 aliphatic carbocycles. The zero-order chi connectivity index (χ0) is 12.4. The molecule has 4 heteroatoms.